The van der Waals surface area contributed by atoms with Gasteiger partial charge in [0.15, 0.2) is 5.69 Å². The number of carbonyl (C=O) groups excluding carboxylic acids is 2. The van der Waals surface area contributed by atoms with Gasteiger partial charge in [-0.2, -0.15) is 0 Å². The molecule has 0 aliphatic heterocycles. The van der Waals surface area contributed by atoms with Gasteiger partial charge in [0.1, 0.15) is 5.76 Å². The molecular formula is C13H19N3O3. The highest BCUT2D eigenvalue weighted by molar-refractivity contribution is 5.94. The molecule has 6 heteroatoms. The van der Waals surface area contributed by atoms with Gasteiger partial charge < -0.3 is 15.2 Å². The Bertz CT molecular complexity index is 484. The summed E-state index contributed by atoms with van der Waals surface area (Å²) in [4.78, 5) is 23.3. The second-order valence-electron chi connectivity index (χ2n) is 5.87. The molecule has 0 radical (unpaired) electrons. The fraction of sp³-hybridized carbons (Fsp3) is 0.615. The summed E-state index contributed by atoms with van der Waals surface area (Å²) in [5.74, 6) is 0.550. The Morgan fingerprint density at radius 2 is 2.11 bits per heavy atom. The molecule has 1 saturated carbocycles. The van der Waals surface area contributed by atoms with E-state index >= 15 is 0 Å². The molecule has 0 atom stereocenters. The van der Waals surface area contributed by atoms with E-state index in [0.29, 0.717) is 5.92 Å². The summed E-state index contributed by atoms with van der Waals surface area (Å²) in [7, 11) is 0. The van der Waals surface area contributed by atoms with Gasteiger partial charge in [0.25, 0.3) is 5.91 Å². The summed E-state index contributed by atoms with van der Waals surface area (Å²) >= 11 is 0. The SMILES string of the molecule is CC(C)(C)NC(=O)CNC(=O)c1cc(C2CC2)on1. The third kappa shape index (κ3) is 4.08. The Morgan fingerprint density at radius 1 is 1.42 bits per heavy atom. The third-order valence-electron chi connectivity index (χ3n) is 2.66. The van der Waals surface area contributed by atoms with Crippen molar-refractivity contribution in [3.8, 4) is 0 Å². The average molecular weight is 265 g/mol. The van der Waals surface area contributed by atoms with Crippen LogP contribution in [0.25, 0.3) is 0 Å². The zero-order valence-corrected chi connectivity index (χ0v) is 11.4. The second-order valence-corrected chi connectivity index (χ2v) is 5.87. The number of nitrogens with zero attached hydrogens (tertiary/aromatic N) is 1. The van der Waals surface area contributed by atoms with Crippen molar-refractivity contribution in [1.82, 2.24) is 15.8 Å². The lowest BCUT2D eigenvalue weighted by atomic mass is 10.1. The van der Waals surface area contributed by atoms with Crippen LogP contribution in [0.1, 0.15) is 55.8 Å². The van der Waals surface area contributed by atoms with Gasteiger partial charge >= 0.3 is 0 Å². The number of hydrogen-bond acceptors (Lipinski definition) is 4. The summed E-state index contributed by atoms with van der Waals surface area (Å²) in [6, 6.07) is 1.65. The van der Waals surface area contributed by atoms with E-state index in [0.717, 1.165) is 18.6 Å². The molecule has 0 bridgehead atoms. The number of amides is 2. The molecule has 2 N–H and O–H groups in total. The van der Waals surface area contributed by atoms with Gasteiger partial charge in [-0.15, -0.1) is 0 Å². The first kappa shape index (κ1) is 13.6. The molecule has 0 spiro atoms. The van der Waals surface area contributed by atoms with Crippen LogP contribution in [0, 0.1) is 0 Å². The minimum Gasteiger partial charge on any atom is -0.360 e. The number of hydrogen-bond donors (Lipinski definition) is 2. The standard InChI is InChI=1S/C13H19N3O3/c1-13(2,3)15-11(17)7-14-12(18)9-6-10(19-16-9)8-4-5-8/h6,8H,4-5,7H2,1-3H3,(H,14,18)(H,15,17). The molecule has 0 saturated heterocycles. The molecule has 6 nitrogen and oxygen atoms in total. The summed E-state index contributed by atoms with van der Waals surface area (Å²) in [6.07, 6.45) is 2.18. The second kappa shape index (κ2) is 5.03. The predicted octanol–water partition coefficient (Wildman–Crippen LogP) is 1.20. The van der Waals surface area contributed by atoms with Gasteiger partial charge in [-0.3, -0.25) is 9.59 Å². The maximum Gasteiger partial charge on any atom is 0.273 e. The van der Waals surface area contributed by atoms with Crippen LogP contribution in [-0.2, 0) is 4.79 Å². The summed E-state index contributed by atoms with van der Waals surface area (Å²) in [6.45, 7) is 5.58. The number of carbonyl (C=O) groups is 2. The van der Waals surface area contributed by atoms with Crippen LogP contribution in [0.4, 0.5) is 0 Å². The van der Waals surface area contributed by atoms with Crippen LogP contribution in [0.3, 0.4) is 0 Å². The monoisotopic (exact) mass is 265 g/mol. The first-order valence-corrected chi connectivity index (χ1v) is 6.41. The van der Waals surface area contributed by atoms with Crippen molar-refractivity contribution in [2.24, 2.45) is 0 Å². The largest absolute Gasteiger partial charge is 0.360 e. The molecule has 104 valence electrons. The summed E-state index contributed by atoms with van der Waals surface area (Å²) < 4.78 is 5.09. The minimum atomic E-state index is -0.389. The zero-order valence-electron chi connectivity index (χ0n) is 11.4. The third-order valence-corrected chi connectivity index (χ3v) is 2.66. The van der Waals surface area contributed by atoms with Crippen molar-refractivity contribution in [2.45, 2.75) is 45.1 Å². The van der Waals surface area contributed by atoms with Crippen LogP contribution in [0.15, 0.2) is 10.6 Å². The number of aromatic nitrogens is 1. The zero-order chi connectivity index (χ0) is 14.0. The predicted molar refractivity (Wildman–Crippen MR) is 68.7 cm³/mol. The van der Waals surface area contributed by atoms with Crippen molar-refractivity contribution in [1.29, 1.82) is 0 Å². The molecule has 0 aromatic carbocycles. The first-order chi connectivity index (χ1) is 8.85. The first-order valence-electron chi connectivity index (χ1n) is 6.41. The lowest BCUT2D eigenvalue weighted by Crippen LogP contribution is -2.45. The summed E-state index contributed by atoms with van der Waals surface area (Å²) in [5.41, 5.74) is -0.0834. The molecular weight excluding hydrogens is 246 g/mol. The van der Waals surface area contributed by atoms with Crippen LogP contribution in [0.2, 0.25) is 0 Å². The Hall–Kier alpha value is -1.85. The minimum absolute atomic E-state index is 0.0677. The Kier molecular flexibility index (Phi) is 3.59. The highest BCUT2D eigenvalue weighted by Gasteiger charge is 2.28. The van der Waals surface area contributed by atoms with E-state index < -0.39 is 0 Å². The van der Waals surface area contributed by atoms with Gasteiger partial charge in [-0.25, -0.2) is 0 Å². The topological polar surface area (TPSA) is 84.2 Å². The number of rotatable bonds is 4. The highest BCUT2D eigenvalue weighted by atomic mass is 16.5. The molecule has 1 aliphatic rings. The lowest BCUT2D eigenvalue weighted by Gasteiger charge is -2.20. The van der Waals surface area contributed by atoms with Crippen LogP contribution < -0.4 is 10.6 Å². The molecule has 1 aromatic heterocycles. The molecule has 0 unspecified atom stereocenters. The molecule has 1 aliphatic carbocycles. The van der Waals surface area contributed by atoms with E-state index in [-0.39, 0.29) is 29.6 Å². The van der Waals surface area contributed by atoms with Crippen LogP contribution in [0.5, 0.6) is 0 Å². The van der Waals surface area contributed by atoms with E-state index in [4.69, 9.17) is 4.52 Å². The fourth-order valence-corrected chi connectivity index (χ4v) is 1.67. The van der Waals surface area contributed by atoms with Gasteiger partial charge in [0.05, 0.1) is 6.54 Å². The normalized spacial score (nSPS) is 15.1. The van der Waals surface area contributed by atoms with Gasteiger partial charge in [0.2, 0.25) is 5.91 Å². The van der Waals surface area contributed by atoms with Gasteiger partial charge in [-0.1, -0.05) is 5.16 Å². The van der Waals surface area contributed by atoms with Crippen molar-refractivity contribution in [3.63, 3.8) is 0 Å². The molecule has 1 aromatic rings. The van der Waals surface area contributed by atoms with Gasteiger partial charge in [-0.05, 0) is 33.6 Å². The van der Waals surface area contributed by atoms with Crippen molar-refractivity contribution in [2.75, 3.05) is 6.54 Å². The van der Waals surface area contributed by atoms with E-state index in [1.54, 1.807) is 6.07 Å². The molecule has 1 heterocycles. The molecule has 2 amide bonds. The van der Waals surface area contributed by atoms with Crippen LogP contribution in [-0.4, -0.2) is 29.1 Å². The fourth-order valence-electron chi connectivity index (χ4n) is 1.67. The quantitative estimate of drug-likeness (QED) is 0.856. The number of nitrogens with one attached hydrogen (secondary N) is 2. The lowest BCUT2D eigenvalue weighted by molar-refractivity contribution is -0.121. The van der Waals surface area contributed by atoms with Crippen molar-refractivity contribution < 1.29 is 14.1 Å². The van der Waals surface area contributed by atoms with E-state index in [1.807, 2.05) is 20.8 Å². The molecule has 2 rings (SSSR count). The summed E-state index contributed by atoms with van der Waals surface area (Å²) in [5, 5.41) is 8.99. The van der Waals surface area contributed by atoms with Gasteiger partial charge in [0, 0.05) is 17.5 Å². The van der Waals surface area contributed by atoms with Crippen LogP contribution >= 0.6 is 0 Å². The maximum absolute atomic E-state index is 11.8. The average Bonchev–Trinajstić information content (AvgIpc) is 3.02. The Balaban J connectivity index is 1.81. The molecule has 19 heavy (non-hydrogen) atoms. The Morgan fingerprint density at radius 3 is 2.68 bits per heavy atom. The molecule has 1 fully saturated rings. The highest BCUT2D eigenvalue weighted by Crippen LogP contribution is 2.40. The maximum atomic E-state index is 11.8. The Labute approximate surface area is 111 Å². The van der Waals surface area contributed by atoms with E-state index in [9.17, 15) is 9.59 Å². The van der Waals surface area contributed by atoms with E-state index in [2.05, 4.69) is 15.8 Å². The smallest absolute Gasteiger partial charge is 0.273 e. The van der Waals surface area contributed by atoms with E-state index in [1.165, 1.54) is 0 Å². The van der Waals surface area contributed by atoms with Crippen molar-refractivity contribution >= 4 is 11.8 Å². The van der Waals surface area contributed by atoms with Crippen molar-refractivity contribution in [3.05, 3.63) is 17.5 Å².